The molecule has 0 saturated heterocycles. The summed E-state index contributed by atoms with van der Waals surface area (Å²) in [5, 5.41) is 20.1. The number of rotatable bonds is 8. The number of carbonyl (C=O) groups is 2. The summed E-state index contributed by atoms with van der Waals surface area (Å²) < 4.78 is 0. The van der Waals surface area contributed by atoms with Gasteiger partial charge in [0.25, 0.3) is 0 Å². The standard InChI is InChI=1S/C26H29ClN2O3/c1-2-3-7-24(30)29(26(25(31)32)14-5-4-6-15-26)18-19-8-10-20(11-9-19)23-16-22(27)13-12-21(23)17-28/h8-13,16H,2-7,14-15,18H2,1H3,(H,31,32). The van der Waals surface area contributed by atoms with Crippen molar-refractivity contribution in [1.82, 2.24) is 4.90 Å². The molecule has 0 unspecified atom stereocenters. The molecular formula is C26H29ClN2O3. The number of nitrogens with zero attached hydrogens (tertiary/aromatic N) is 2. The topological polar surface area (TPSA) is 81.4 Å². The van der Waals surface area contributed by atoms with Crippen molar-refractivity contribution >= 4 is 23.5 Å². The number of hydrogen-bond acceptors (Lipinski definition) is 3. The van der Waals surface area contributed by atoms with Gasteiger partial charge in [-0.3, -0.25) is 4.79 Å². The Balaban J connectivity index is 1.91. The summed E-state index contributed by atoms with van der Waals surface area (Å²) in [7, 11) is 0. The van der Waals surface area contributed by atoms with Crippen molar-refractivity contribution in [1.29, 1.82) is 5.26 Å². The second-order valence-corrected chi connectivity index (χ2v) is 8.92. The summed E-state index contributed by atoms with van der Waals surface area (Å²) in [6.07, 6.45) is 5.60. The van der Waals surface area contributed by atoms with E-state index in [1.54, 1.807) is 23.1 Å². The molecule has 1 N–H and O–H groups in total. The Bertz CT molecular complexity index is 1000. The molecule has 0 heterocycles. The van der Waals surface area contributed by atoms with Gasteiger partial charge in [0.15, 0.2) is 0 Å². The van der Waals surface area contributed by atoms with Crippen molar-refractivity contribution in [3.05, 3.63) is 58.6 Å². The number of hydrogen-bond donors (Lipinski definition) is 1. The minimum Gasteiger partial charge on any atom is -0.479 e. The van der Waals surface area contributed by atoms with E-state index in [0.29, 0.717) is 29.8 Å². The Kier molecular flexibility index (Phi) is 7.93. The maximum absolute atomic E-state index is 13.1. The van der Waals surface area contributed by atoms with Gasteiger partial charge in [-0.25, -0.2) is 4.79 Å². The maximum atomic E-state index is 13.1. The molecule has 1 saturated carbocycles. The lowest BCUT2D eigenvalue weighted by atomic mass is 9.79. The first kappa shape index (κ1) is 23.8. The van der Waals surface area contributed by atoms with E-state index in [1.807, 2.05) is 31.2 Å². The number of carboxylic acids is 1. The van der Waals surface area contributed by atoms with Crippen LogP contribution in [0.1, 0.15) is 69.4 Å². The summed E-state index contributed by atoms with van der Waals surface area (Å²) in [4.78, 5) is 27.1. The molecule has 5 nitrogen and oxygen atoms in total. The fourth-order valence-corrected chi connectivity index (χ4v) is 4.67. The third kappa shape index (κ3) is 5.14. The molecule has 2 aromatic rings. The predicted octanol–water partition coefficient (Wildman–Crippen LogP) is 6.18. The van der Waals surface area contributed by atoms with Crippen LogP contribution in [0.3, 0.4) is 0 Å². The normalized spacial score (nSPS) is 15.0. The molecule has 0 aromatic heterocycles. The average molecular weight is 453 g/mol. The third-order valence-corrected chi connectivity index (χ3v) is 6.58. The molecule has 1 amide bonds. The number of amides is 1. The van der Waals surface area contributed by atoms with Crippen LogP contribution in [0.15, 0.2) is 42.5 Å². The van der Waals surface area contributed by atoms with Gasteiger partial charge in [-0.15, -0.1) is 0 Å². The SMILES string of the molecule is CCCCC(=O)N(Cc1ccc(-c2cc(Cl)ccc2C#N)cc1)C1(C(=O)O)CCCCC1. The number of carbonyl (C=O) groups excluding carboxylic acids is 1. The first-order chi connectivity index (χ1) is 15.4. The minimum absolute atomic E-state index is 0.0955. The minimum atomic E-state index is -1.14. The van der Waals surface area contributed by atoms with Gasteiger partial charge in [0.05, 0.1) is 11.6 Å². The molecule has 0 spiro atoms. The van der Waals surface area contributed by atoms with Crippen LogP contribution in [-0.4, -0.2) is 27.4 Å². The van der Waals surface area contributed by atoms with Crippen molar-refractivity contribution < 1.29 is 14.7 Å². The number of halogens is 1. The van der Waals surface area contributed by atoms with Crippen LogP contribution in [0, 0.1) is 11.3 Å². The van der Waals surface area contributed by atoms with Crippen LogP contribution in [0.5, 0.6) is 0 Å². The lowest BCUT2D eigenvalue weighted by Gasteiger charge is -2.43. The van der Waals surface area contributed by atoms with E-state index in [9.17, 15) is 20.0 Å². The molecule has 168 valence electrons. The predicted molar refractivity (Wildman–Crippen MR) is 125 cm³/mol. The van der Waals surface area contributed by atoms with Gasteiger partial charge in [0.1, 0.15) is 5.54 Å². The van der Waals surface area contributed by atoms with E-state index in [2.05, 4.69) is 6.07 Å². The number of carboxylic acid groups (broad SMARTS) is 1. The Labute approximate surface area is 194 Å². The molecule has 0 atom stereocenters. The van der Waals surface area contributed by atoms with Crippen LogP contribution >= 0.6 is 11.6 Å². The van der Waals surface area contributed by atoms with Crippen molar-refractivity contribution in [2.45, 2.75) is 70.4 Å². The number of aliphatic carboxylic acids is 1. The molecule has 0 aliphatic heterocycles. The smallest absolute Gasteiger partial charge is 0.329 e. The summed E-state index contributed by atoms with van der Waals surface area (Å²) in [5.41, 5.74) is 1.86. The van der Waals surface area contributed by atoms with Gasteiger partial charge in [-0.05, 0) is 48.6 Å². The summed E-state index contributed by atoms with van der Waals surface area (Å²) >= 11 is 6.12. The fraction of sp³-hybridized carbons (Fsp3) is 0.423. The lowest BCUT2D eigenvalue weighted by molar-refractivity contribution is -0.163. The molecular weight excluding hydrogens is 424 g/mol. The molecule has 0 radical (unpaired) electrons. The molecule has 32 heavy (non-hydrogen) atoms. The highest BCUT2D eigenvalue weighted by atomic mass is 35.5. The Morgan fingerprint density at radius 2 is 1.81 bits per heavy atom. The van der Waals surface area contributed by atoms with Crippen molar-refractivity contribution in [2.24, 2.45) is 0 Å². The van der Waals surface area contributed by atoms with Gasteiger partial charge < -0.3 is 10.0 Å². The zero-order valence-corrected chi connectivity index (χ0v) is 19.2. The maximum Gasteiger partial charge on any atom is 0.329 e. The molecule has 3 rings (SSSR count). The zero-order valence-electron chi connectivity index (χ0n) is 18.4. The van der Waals surface area contributed by atoms with Crippen LogP contribution < -0.4 is 0 Å². The number of nitriles is 1. The Morgan fingerprint density at radius 1 is 1.12 bits per heavy atom. The first-order valence-corrected chi connectivity index (χ1v) is 11.6. The van der Waals surface area contributed by atoms with E-state index in [0.717, 1.165) is 48.8 Å². The van der Waals surface area contributed by atoms with Crippen molar-refractivity contribution in [2.75, 3.05) is 0 Å². The van der Waals surface area contributed by atoms with E-state index in [1.165, 1.54) is 0 Å². The zero-order chi connectivity index (χ0) is 23.1. The number of unbranched alkanes of at least 4 members (excludes halogenated alkanes) is 1. The van der Waals surface area contributed by atoms with Gasteiger partial charge in [-0.1, -0.05) is 68.5 Å². The quantitative estimate of drug-likeness (QED) is 0.518. The van der Waals surface area contributed by atoms with Crippen LogP contribution in [0.25, 0.3) is 11.1 Å². The number of benzene rings is 2. The van der Waals surface area contributed by atoms with Crippen molar-refractivity contribution in [3.8, 4) is 17.2 Å². The monoisotopic (exact) mass is 452 g/mol. The van der Waals surface area contributed by atoms with Gasteiger partial charge >= 0.3 is 5.97 Å². The molecule has 1 aliphatic carbocycles. The highest BCUT2D eigenvalue weighted by Crippen LogP contribution is 2.36. The van der Waals surface area contributed by atoms with Crippen LogP contribution in [0.2, 0.25) is 5.02 Å². The fourth-order valence-electron chi connectivity index (χ4n) is 4.50. The van der Waals surface area contributed by atoms with E-state index in [-0.39, 0.29) is 12.5 Å². The summed E-state index contributed by atoms with van der Waals surface area (Å²) in [6.45, 7) is 2.28. The van der Waals surface area contributed by atoms with E-state index >= 15 is 0 Å². The van der Waals surface area contributed by atoms with Gasteiger partial charge in [0, 0.05) is 23.6 Å². The third-order valence-electron chi connectivity index (χ3n) is 6.35. The molecule has 1 aliphatic rings. The first-order valence-electron chi connectivity index (χ1n) is 11.2. The highest BCUT2D eigenvalue weighted by molar-refractivity contribution is 6.30. The Hall–Kier alpha value is -2.84. The summed E-state index contributed by atoms with van der Waals surface area (Å²) in [6, 6.07) is 14.9. The summed E-state index contributed by atoms with van der Waals surface area (Å²) in [5.74, 6) is -1.00. The van der Waals surface area contributed by atoms with E-state index < -0.39 is 11.5 Å². The van der Waals surface area contributed by atoms with Crippen LogP contribution in [-0.2, 0) is 16.1 Å². The highest BCUT2D eigenvalue weighted by Gasteiger charge is 2.46. The molecule has 6 heteroatoms. The molecule has 1 fully saturated rings. The van der Waals surface area contributed by atoms with Gasteiger partial charge in [-0.2, -0.15) is 5.26 Å². The molecule has 0 bridgehead atoms. The molecule has 2 aromatic carbocycles. The second-order valence-electron chi connectivity index (χ2n) is 8.48. The average Bonchev–Trinajstić information content (AvgIpc) is 2.81. The van der Waals surface area contributed by atoms with Gasteiger partial charge in [0.2, 0.25) is 5.91 Å². The van der Waals surface area contributed by atoms with Crippen LogP contribution in [0.4, 0.5) is 0 Å². The Morgan fingerprint density at radius 3 is 2.41 bits per heavy atom. The lowest BCUT2D eigenvalue weighted by Crippen LogP contribution is -2.57. The van der Waals surface area contributed by atoms with Crippen molar-refractivity contribution in [3.63, 3.8) is 0 Å². The largest absolute Gasteiger partial charge is 0.479 e. The second kappa shape index (κ2) is 10.7. The van der Waals surface area contributed by atoms with E-state index in [4.69, 9.17) is 11.6 Å².